The maximum absolute atomic E-state index is 12.9. The average Bonchev–Trinajstić information content (AvgIpc) is 2.92. The Morgan fingerprint density at radius 1 is 0.861 bits per heavy atom. The molecule has 1 saturated heterocycles. The number of hydrogen-bond acceptors (Lipinski definition) is 6. The smallest absolute Gasteiger partial charge is 0.342 e. The van der Waals surface area contributed by atoms with Crippen molar-refractivity contribution in [1.82, 2.24) is 4.31 Å². The molecule has 0 unspecified atom stereocenters. The van der Waals surface area contributed by atoms with Gasteiger partial charge >= 0.3 is 5.97 Å². The van der Waals surface area contributed by atoms with Crippen molar-refractivity contribution in [2.75, 3.05) is 25.0 Å². The number of carbonyl (C=O) groups excluding carboxylic acids is 2. The van der Waals surface area contributed by atoms with Crippen molar-refractivity contribution in [1.29, 1.82) is 0 Å². The molecule has 1 aliphatic rings. The lowest BCUT2D eigenvalue weighted by molar-refractivity contribution is -0.119. The second kappa shape index (κ2) is 11.8. The third-order valence-corrected chi connectivity index (χ3v) is 7.64. The van der Waals surface area contributed by atoms with Gasteiger partial charge in [-0.3, -0.25) is 4.79 Å². The molecule has 9 heteroatoms. The third kappa shape index (κ3) is 6.50. The minimum atomic E-state index is -3.63. The van der Waals surface area contributed by atoms with Crippen LogP contribution in [0.5, 0.6) is 5.75 Å². The summed E-state index contributed by atoms with van der Waals surface area (Å²) >= 11 is 0. The van der Waals surface area contributed by atoms with Gasteiger partial charge in [-0.15, -0.1) is 0 Å². The molecule has 1 fully saturated rings. The molecule has 188 valence electrons. The number of amides is 1. The molecule has 4 rings (SSSR count). The fourth-order valence-corrected chi connectivity index (χ4v) is 5.45. The molecule has 0 aliphatic carbocycles. The quantitative estimate of drug-likeness (QED) is 0.434. The van der Waals surface area contributed by atoms with Crippen LogP contribution in [0, 0.1) is 0 Å². The van der Waals surface area contributed by atoms with E-state index in [9.17, 15) is 18.0 Å². The van der Waals surface area contributed by atoms with Gasteiger partial charge in [-0.2, -0.15) is 4.31 Å². The Hall–Kier alpha value is -3.69. The van der Waals surface area contributed by atoms with Crippen molar-refractivity contribution in [2.24, 2.45) is 0 Å². The molecule has 0 atom stereocenters. The van der Waals surface area contributed by atoms with Crippen LogP contribution in [0.15, 0.2) is 83.8 Å². The number of nitrogens with one attached hydrogen (secondary N) is 1. The lowest BCUT2D eigenvalue weighted by Crippen LogP contribution is -2.35. The Kier molecular flexibility index (Phi) is 8.35. The molecule has 0 radical (unpaired) electrons. The summed E-state index contributed by atoms with van der Waals surface area (Å²) in [6.07, 6.45) is 2.69. The van der Waals surface area contributed by atoms with Crippen molar-refractivity contribution in [3.8, 4) is 5.75 Å². The number of ether oxygens (including phenoxy) is 2. The van der Waals surface area contributed by atoms with Gasteiger partial charge in [0.15, 0.2) is 6.61 Å². The SMILES string of the molecule is O=C(COC(=O)c1ccccc1OCc1ccccc1)Nc1cccc(S(=O)(=O)N2CCCCC2)c1. The lowest BCUT2D eigenvalue weighted by Gasteiger charge is -2.26. The van der Waals surface area contributed by atoms with Gasteiger partial charge in [0.25, 0.3) is 5.91 Å². The highest BCUT2D eigenvalue weighted by atomic mass is 32.2. The van der Waals surface area contributed by atoms with Crippen LogP contribution in [0.4, 0.5) is 5.69 Å². The maximum Gasteiger partial charge on any atom is 0.342 e. The number of nitrogens with zero attached hydrogens (tertiary/aromatic N) is 1. The van der Waals surface area contributed by atoms with Crippen molar-refractivity contribution < 1.29 is 27.5 Å². The molecular formula is C27H28N2O6S. The van der Waals surface area contributed by atoms with E-state index in [0.717, 1.165) is 24.8 Å². The Morgan fingerprint density at radius 2 is 1.58 bits per heavy atom. The van der Waals surface area contributed by atoms with Crippen LogP contribution < -0.4 is 10.1 Å². The fraction of sp³-hybridized carbons (Fsp3) is 0.259. The van der Waals surface area contributed by atoms with Gasteiger partial charge in [0, 0.05) is 18.8 Å². The summed E-state index contributed by atoms with van der Waals surface area (Å²) in [6.45, 7) is 0.730. The molecule has 3 aromatic carbocycles. The van der Waals surface area contributed by atoms with E-state index < -0.39 is 28.5 Å². The average molecular weight is 509 g/mol. The molecule has 0 saturated carbocycles. The van der Waals surface area contributed by atoms with Crippen LogP contribution in [-0.4, -0.2) is 44.3 Å². The van der Waals surface area contributed by atoms with E-state index in [1.165, 1.54) is 16.4 Å². The second-order valence-electron chi connectivity index (χ2n) is 8.39. The normalized spacial score (nSPS) is 14.1. The molecule has 8 nitrogen and oxygen atoms in total. The Labute approximate surface area is 210 Å². The van der Waals surface area contributed by atoms with Gasteiger partial charge < -0.3 is 14.8 Å². The largest absolute Gasteiger partial charge is 0.488 e. The van der Waals surface area contributed by atoms with Crippen LogP contribution in [0.1, 0.15) is 35.2 Å². The zero-order valence-electron chi connectivity index (χ0n) is 19.8. The fourth-order valence-electron chi connectivity index (χ4n) is 3.89. The highest BCUT2D eigenvalue weighted by Gasteiger charge is 2.26. The molecule has 1 amide bonds. The van der Waals surface area contributed by atoms with Crippen molar-refractivity contribution >= 4 is 27.6 Å². The molecule has 0 aromatic heterocycles. The topological polar surface area (TPSA) is 102 Å². The molecule has 0 spiro atoms. The second-order valence-corrected chi connectivity index (χ2v) is 10.3. The number of sulfonamides is 1. The number of rotatable bonds is 9. The van der Waals surface area contributed by atoms with Gasteiger partial charge in [-0.25, -0.2) is 13.2 Å². The summed E-state index contributed by atoms with van der Waals surface area (Å²) in [6, 6.07) is 22.3. The summed E-state index contributed by atoms with van der Waals surface area (Å²) in [4.78, 5) is 25.2. The first-order valence-electron chi connectivity index (χ1n) is 11.8. The van der Waals surface area contributed by atoms with E-state index in [2.05, 4.69) is 5.32 Å². The third-order valence-electron chi connectivity index (χ3n) is 5.75. The van der Waals surface area contributed by atoms with E-state index in [4.69, 9.17) is 9.47 Å². The van der Waals surface area contributed by atoms with Crippen molar-refractivity contribution in [3.05, 3.63) is 90.0 Å². The molecule has 0 bridgehead atoms. The number of carbonyl (C=O) groups is 2. The van der Waals surface area contributed by atoms with E-state index in [0.29, 0.717) is 24.5 Å². The zero-order chi connectivity index (χ0) is 25.4. The Morgan fingerprint density at radius 3 is 2.36 bits per heavy atom. The first-order chi connectivity index (χ1) is 17.4. The van der Waals surface area contributed by atoms with E-state index >= 15 is 0 Å². The predicted octanol–water partition coefficient (Wildman–Crippen LogP) is 4.24. The molecular weight excluding hydrogens is 480 g/mol. The summed E-state index contributed by atoms with van der Waals surface area (Å²) in [5, 5.41) is 2.60. The van der Waals surface area contributed by atoms with Gasteiger partial charge in [0.2, 0.25) is 10.0 Å². The molecule has 36 heavy (non-hydrogen) atoms. The van der Waals surface area contributed by atoms with Gasteiger partial charge in [0.1, 0.15) is 17.9 Å². The molecule has 1 heterocycles. The highest BCUT2D eigenvalue weighted by Crippen LogP contribution is 2.23. The lowest BCUT2D eigenvalue weighted by atomic mass is 10.2. The van der Waals surface area contributed by atoms with Crippen LogP contribution in [0.2, 0.25) is 0 Å². The highest BCUT2D eigenvalue weighted by molar-refractivity contribution is 7.89. The van der Waals surface area contributed by atoms with Crippen molar-refractivity contribution in [3.63, 3.8) is 0 Å². The Bertz CT molecular complexity index is 1300. The first kappa shape index (κ1) is 25.4. The maximum atomic E-state index is 12.9. The molecule has 1 N–H and O–H groups in total. The van der Waals surface area contributed by atoms with Gasteiger partial charge in [-0.05, 0) is 48.7 Å². The minimum absolute atomic E-state index is 0.115. The standard InChI is InChI=1S/C27H28N2O6S/c30-26(28-22-12-9-13-23(18-22)36(32,33)29-16-7-2-8-17-29)20-35-27(31)24-14-5-6-15-25(24)34-19-21-10-3-1-4-11-21/h1,3-6,9-15,18H,2,7-8,16-17,19-20H2,(H,28,30). The number of esters is 1. The van der Waals surface area contributed by atoms with Gasteiger partial charge in [0.05, 0.1) is 4.90 Å². The number of benzene rings is 3. The van der Waals surface area contributed by atoms with Crippen LogP contribution in [-0.2, 0) is 26.2 Å². The minimum Gasteiger partial charge on any atom is -0.488 e. The van der Waals surface area contributed by atoms with Gasteiger partial charge in [-0.1, -0.05) is 55.0 Å². The molecule has 3 aromatic rings. The number of anilines is 1. The zero-order valence-corrected chi connectivity index (χ0v) is 20.6. The monoisotopic (exact) mass is 508 g/mol. The van der Waals surface area contributed by atoms with Crippen molar-refractivity contribution in [2.45, 2.75) is 30.8 Å². The van der Waals surface area contributed by atoms with E-state index in [1.54, 1.807) is 36.4 Å². The van der Waals surface area contributed by atoms with Crippen LogP contribution >= 0.6 is 0 Å². The summed E-state index contributed by atoms with van der Waals surface area (Å²) in [7, 11) is -3.63. The first-order valence-corrected chi connectivity index (χ1v) is 13.2. The number of para-hydroxylation sites is 1. The van der Waals surface area contributed by atoms with E-state index in [-0.39, 0.29) is 17.1 Å². The Balaban J connectivity index is 1.34. The predicted molar refractivity (Wildman–Crippen MR) is 135 cm³/mol. The summed E-state index contributed by atoms with van der Waals surface area (Å²) < 4.78 is 38.2. The van der Waals surface area contributed by atoms with E-state index in [1.807, 2.05) is 30.3 Å². The molecule has 1 aliphatic heterocycles. The number of piperidine rings is 1. The van der Waals surface area contributed by atoms with Crippen LogP contribution in [0.3, 0.4) is 0 Å². The number of hydrogen-bond donors (Lipinski definition) is 1. The van der Waals surface area contributed by atoms with Crippen LogP contribution in [0.25, 0.3) is 0 Å². The summed E-state index contributed by atoms with van der Waals surface area (Å²) in [5.74, 6) is -0.934. The summed E-state index contributed by atoms with van der Waals surface area (Å²) in [5.41, 5.74) is 1.46.